The first kappa shape index (κ1) is 14.4. The van der Waals surface area contributed by atoms with Gasteiger partial charge in [0.1, 0.15) is 5.75 Å². The molecular weight excluding hydrogens is 328 g/mol. The van der Waals surface area contributed by atoms with Gasteiger partial charge in [-0.2, -0.15) is 0 Å². The van der Waals surface area contributed by atoms with Crippen LogP contribution >= 0.6 is 27.5 Å². The monoisotopic (exact) mass is 342 g/mol. The fourth-order valence-corrected chi connectivity index (χ4v) is 3.02. The molecule has 0 aliphatic heterocycles. The molecule has 0 aliphatic rings. The van der Waals surface area contributed by atoms with Crippen molar-refractivity contribution in [1.82, 2.24) is 15.0 Å². The highest BCUT2D eigenvalue weighted by Gasteiger charge is 2.18. The van der Waals surface area contributed by atoms with Gasteiger partial charge in [-0.25, -0.2) is 0 Å². The van der Waals surface area contributed by atoms with Gasteiger partial charge in [0.15, 0.2) is 0 Å². The lowest BCUT2D eigenvalue weighted by atomic mass is 10.0. The molecule has 5 nitrogen and oxygen atoms in total. The smallest absolute Gasteiger partial charge is 0.122 e. The Morgan fingerprint density at radius 2 is 2.32 bits per heavy atom. The zero-order valence-electron chi connectivity index (χ0n) is 10.7. The van der Waals surface area contributed by atoms with Crippen molar-refractivity contribution in [3.63, 3.8) is 0 Å². The number of nitrogens with one attached hydrogen (secondary N) is 1. The quantitative estimate of drug-likeness (QED) is 0.644. The number of ether oxygens (including phenoxy) is 1. The minimum atomic E-state index is -0.0248. The van der Waals surface area contributed by atoms with Crippen LogP contribution in [0.15, 0.2) is 22.7 Å². The number of nitrogens with two attached hydrogens (primary N) is 1. The summed E-state index contributed by atoms with van der Waals surface area (Å²) in [5.41, 5.74) is 4.81. The molecule has 102 valence electrons. The molecule has 1 heterocycles. The van der Waals surface area contributed by atoms with Gasteiger partial charge < -0.3 is 4.74 Å². The zero-order chi connectivity index (χ0) is 13.8. The summed E-state index contributed by atoms with van der Waals surface area (Å²) in [6.07, 6.45) is 0.712. The maximum Gasteiger partial charge on any atom is 0.122 e. The van der Waals surface area contributed by atoms with Crippen molar-refractivity contribution < 1.29 is 4.74 Å². The van der Waals surface area contributed by atoms with Gasteiger partial charge in [-0.15, -0.1) is 5.10 Å². The molecule has 2 aromatic rings. The highest BCUT2D eigenvalue weighted by Crippen LogP contribution is 2.29. The Kier molecular flexibility index (Phi) is 4.87. The highest BCUT2D eigenvalue weighted by atomic mass is 79.9. The second kappa shape index (κ2) is 6.42. The van der Waals surface area contributed by atoms with Crippen LogP contribution in [0.2, 0.25) is 0 Å². The summed E-state index contributed by atoms with van der Waals surface area (Å²) in [6, 6.07) is 5.90. The molecule has 0 radical (unpaired) electrons. The molecule has 0 fully saturated rings. The lowest BCUT2D eigenvalue weighted by Gasteiger charge is -2.16. The van der Waals surface area contributed by atoms with E-state index in [1.165, 1.54) is 11.5 Å². The second-order valence-corrected chi connectivity index (χ2v) is 5.80. The molecule has 0 aliphatic carbocycles. The minimum Gasteiger partial charge on any atom is -0.496 e. The van der Waals surface area contributed by atoms with Crippen LogP contribution in [-0.4, -0.2) is 16.7 Å². The van der Waals surface area contributed by atoms with Crippen molar-refractivity contribution in [1.29, 1.82) is 0 Å². The molecule has 0 amide bonds. The van der Waals surface area contributed by atoms with Crippen molar-refractivity contribution in [2.75, 3.05) is 7.11 Å². The second-order valence-electron chi connectivity index (χ2n) is 4.10. The topological polar surface area (TPSA) is 73.1 Å². The van der Waals surface area contributed by atoms with Gasteiger partial charge in [0, 0.05) is 4.47 Å². The average Bonchev–Trinajstić information content (AvgIpc) is 2.82. The van der Waals surface area contributed by atoms with E-state index in [0.29, 0.717) is 6.42 Å². The average molecular weight is 343 g/mol. The fourth-order valence-electron chi connectivity index (χ4n) is 1.91. The summed E-state index contributed by atoms with van der Waals surface area (Å²) in [6.45, 7) is 1.93. The number of halogens is 1. The van der Waals surface area contributed by atoms with E-state index in [0.717, 1.165) is 26.4 Å². The number of hydrazine groups is 1. The minimum absolute atomic E-state index is 0.0248. The number of hydrogen-bond donors (Lipinski definition) is 2. The zero-order valence-corrected chi connectivity index (χ0v) is 13.1. The number of methoxy groups -OCH3 is 1. The summed E-state index contributed by atoms with van der Waals surface area (Å²) in [7, 11) is 1.66. The van der Waals surface area contributed by atoms with Gasteiger partial charge in [-0.1, -0.05) is 20.4 Å². The van der Waals surface area contributed by atoms with Crippen LogP contribution in [-0.2, 0) is 6.42 Å². The van der Waals surface area contributed by atoms with Crippen LogP contribution < -0.4 is 16.0 Å². The van der Waals surface area contributed by atoms with Crippen LogP contribution in [0.3, 0.4) is 0 Å². The number of benzene rings is 1. The molecule has 1 atom stereocenters. The summed E-state index contributed by atoms with van der Waals surface area (Å²) >= 11 is 4.83. The molecular formula is C12H15BrN4OS. The molecule has 2 rings (SSSR count). The van der Waals surface area contributed by atoms with E-state index >= 15 is 0 Å². The van der Waals surface area contributed by atoms with Crippen LogP contribution in [0, 0.1) is 6.92 Å². The van der Waals surface area contributed by atoms with Crippen molar-refractivity contribution >= 4 is 27.5 Å². The fraction of sp³-hybridized carbons (Fsp3) is 0.333. The van der Waals surface area contributed by atoms with Crippen LogP contribution in [0.1, 0.15) is 22.2 Å². The van der Waals surface area contributed by atoms with E-state index in [4.69, 9.17) is 10.6 Å². The molecule has 1 aromatic heterocycles. The third-order valence-corrected chi connectivity index (χ3v) is 4.30. The van der Waals surface area contributed by atoms with Crippen molar-refractivity contribution in [3.8, 4) is 5.75 Å². The van der Waals surface area contributed by atoms with E-state index in [2.05, 4.69) is 30.9 Å². The molecule has 0 bridgehead atoms. The first-order valence-electron chi connectivity index (χ1n) is 5.73. The summed E-state index contributed by atoms with van der Waals surface area (Å²) < 4.78 is 10.3. The Morgan fingerprint density at radius 1 is 1.53 bits per heavy atom. The van der Waals surface area contributed by atoms with Gasteiger partial charge >= 0.3 is 0 Å². The molecule has 7 heteroatoms. The SMILES string of the molecule is COc1ccc(Br)cc1CC(NN)c1snnc1C. The summed E-state index contributed by atoms with van der Waals surface area (Å²) in [4.78, 5) is 1.05. The lowest BCUT2D eigenvalue weighted by molar-refractivity contribution is 0.405. The third-order valence-electron chi connectivity index (χ3n) is 2.87. The maximum absolute atomic E-state index is 5.66. The molecule has 0 saturated carbocycles. The van der Waals surface area contributed by atoms with Gasteiger partial charge in [-0.3, -0.25) is 11.3 Å². The molecule has 1 aromatic carbocycles. The first-order valence-corrected chi connectivity index (χ1v) is 7.29. The highest BCUT2D eigenvalue weighted by molar-refractivity contribution is 9.10. The van der Waals surface area contributed by atoms with Gasteiger partial charge in [-0.05, 0) is 48.6 Å². The predicted molar refractivity (Wildman–Crippen MR) is 79.1 cm³/mol. The maximum atomic E-state index is 5.66. The van der Waals surface area contributed by atoms with Crippen molar-refractivity contribution in [2.24, 2.45) is 5.84 Å². The largest absolute Gasteiger partial charge is 0.496 e. The Balaban J connectivity index is 2.28. The van der Waals surface area contributed by atoms with E-state index in [9.17, 15) is 0 Å². The number of rotatable bonds is 5. The normalized spacial score (nSPS) is 12.4. The van der Waals surface area contributed by atoms with E-state index in [1.54, 1.807) is 7.11 Å². The summed E-state index contributed by atoms with van der Waals surface area (Å²) in [5, 5.41) is 4.02. The van der Waals surface area contributed by atoms with Crippen LogP contribution in [0.25, 0.3) is 0 Å². The van der Waals surface area contributed by atoms with Crippen LogP contribution in [0.5, 0.6) is 5.75 Å². The Labute approximate surface area is 124 Å². The predicted octanol–water partition coefficient (Wildman–Crippen LogP) is 2.36. The van der Waals surface area contributed by atoms with Gasteiger partial charge in [0.05, 0.1) is 23.7 Å². The summed E-state index contributed by atoms with van der Waals surface area (Å²) in [5.74, 6) is 6.50. The molecule has 1 unspecified atom stereocenters. The molecule has 19 heavy (non-hydrogen) atoms. The first-order chi connectivity index (χ1) is 9.15. The van der Waals surface area contributed by atoms with E-state index < -0.39 is 0 Å². The van der Waals surface area contributed by atoms with Crippen molar-refractivity contribution in [3.05, 3.63) is 38.8 Å². The number of nitrogens with zero attached hydrogens (tertiary/aromatic N) is 2. The Morgan fingerprint density at radius 3 is 2.89 bits per heavy atom. The standard InChI is InChI=1S/C12H15BrN4OS/c1-7-12(19-17-16-7)10(15-14)6-8-5-9(13)3-4-11(8)18-2/h3-5,10,15H,6,14H2,1-2H3. The number of hydrogen-bond acceptors (Lipinski definition) is 6. The number of aromatic nitrogens is 2. The molecule has 3 N–H and O–H groups in total. The van der Waals surface area contributed by atoms with Gasteiger partial charge in [0.2, 0.25) is 0 Å². The molecule has 0 saturated heterocycles. The van der Waals surface area contributed by atoms with E-state index in [1.807, 2.05) is 25.1 Å². The molecule has 0 spiro atoms. The third kappa shape index (κ3) is 3.30. The Bertz CT molecular complexity index is 560. The van der Waals surface area contributed by atoms with Crippen LogP contribution in [0.4, 0.5) is 0 Å². The number of aryl methyl sites for hydroxylation is 1. The lowest BCUT2D eigenvalue weighted by Crippen LogP contribution is -2.29. The Hall–Kier alpha value is -1.02. The van der Waals surface area contributed by atoms with Gasteiger partial charge in [0.25, 0.3) is 0 Å². The van der Waals surface area contributed by atoms with Crippen molar-refractivity contribution in [2.45, 2.75) is 19.4 Å². The van der Waals surface area contributed by atoms with E-state index in [-0.39, 0.29) is 6.04 Å².